The van der Waals surface area contributed by atoms with Crippen molar-refractivity contribution in [1.82, 2.24) is 0 Å². The number of rotatable bonds is 4. The summed E-state index contributed by atoms with van der Waals surface area (Å²) >= 11 is 3.43. The van der Waals surface area contributed by atoms with Crippen LogP contribution in [0.15, 0.2) is 22.7 Å². The Balaban J connectivity index is 3.11. The molecule has 1 rings (SSSR count). The lowest BCUT2D eigenvalue weighted by Crippen LogP contribution is -1.93. The van der Waals surface area contributed by atoms with Gasteiger partial charge in [0.05, 0.1) is 20.3 Å². The zero-order chi connectivity index (χ0) is 12.1. The summed E-state index contributed by atoms with van der Waals surface area (Å²) in [5.41, 5.74) is 0.929. The van der Waals surface area contributed by atoms with Crippen molar-refractivity contribution in [2.24, 2.45) is 0 Å². The first kappa shape index (κ1) is 13.1. The first-order valence-electron chi connectivity index (χ1n) is 4.86. The summed E-state index contributed by atoms with van der Waals surface area (Å²) in [6.45, 7) is 1.70. The van der Waals surface area contributed by atoms with Crippen LogP contribution in [0.4, 0.5) is 0 Å². The van der Waals surface area contributed by atoms with Crippen LogP contribution >= 0.6 is 15.9 Å². The number of benzene rings is 1. The van der Waals surface area contributed by atoms with E-state index in [0.717, 1.165) is 10.0 Å². The van der Waals surface area contributed by atoms with Crippen molar-refractivity contribution in [3.05, 3.63) is 28.2 Å². The van der Waals surface area contributed by atoms with E-state index in [9.17, 15) is 5.11 Å². The van der Waals surface area contributed by atoms with Gasteiger partial charge in [0, 0.05) is 4.47 Å². The molecule has 0 aliphatic carbocycles. The molecular formula is C12H15BrO3. The van der Waals surface area contributed by atoms with Gasteiger partial charge in [-0.3, -0.25) is 0 Å². The number of hydrogen-bond donors (Lipinski definition) is 1. The number of methoxy groups -OCH3 is 2. The smallest absolute Gasteiger partial charge is 0.161 e. The molecule has 1 atom stereocenters. The number of aliphatic hydroxyl groups excluding tert-OH is 1. The van der Waals surface area contributed by atoms with Crippen molar-refractivity contribution in [3.8, 4) is 11.5 Å². The van der Waals surface area contributed by atoms with Crippen molar-refractivity contribution < 1.29 is 14.6 Å². The molecule has 3 nitrogen and oxygen atoms in total. The molecule has 0 aromatic heterocycles. The molecule has 1 N–H and O–H groups in total. The molecule has 1 aromatic carbocycles. The van der Waals surface area contributed by atoms with Crippen molar-refractivity contribution in [2.45, 2.75) is 13.0 Å². The molecule has 0 bridgehead atoms. The summed E-state index contributed by atoms with van der Waals surface area (Å²) in [6.07, 6.45) is 3.06. The normalized spacial score (nSPS) is 12.8. The molecule has 0 spiro atoms. The Morgan fingerprint density at radius 3 is 2.31 bits per heavy atom. The van der Waals surface area contributed by atoms with E-state index in [1.807, 2.05) is 18.2 Å². The van der Waals surface area contributed by atoms with E-state index >= 15 is 0 Å². The first-order chi connectivity index (χ1) is 7.58. The third kappa shape index (κ3) is 3.25. The maximum Gasteiger partial charge on any atom is 0.161 e. The molecule has 88 valence electrons. The van der Waals surface area contributed by atoms with Gasteiger partial charge in [-0.2, -0.15) is 0 Å². The van der Waals surface area contributed by atoms with Crippen molar-refractivity contribution in [2.75, 3.05) is 14.2 Å². The first-order valence-corrected chi connectivity index (χ1v) is 5.65. The lowest BCUT2D eigenvalue weighted by molar-refractivity contribution is 0.245. The van der Waals surface area contributed by atoms with Gasteiger partial charge in [-0.05, 0) is 24.6 Å². The minimum Gasteiger partial charge on any atom is -0.493 e. The summed E-state index contributed by atoms with van der Waals surface area (Å²) in [4.78, 5) is 0. The molecule has 0 fully saturated rings. The maximum atomic E-state index is 9.17. The summed E-state index contributed by atoms with van der Waals surface area (Å²) in [7, 11) is 3.18. The summed E-state index contributed by atoms with van der Waals surface area (Å²) in [5, 5.41) is 9.17. The standard InChI is InChI=1S/C12H15BrO3/c1-8(14)4-5-9-6-11(15-2)12(16-3)7-10(9)13/h4-8,14H,1-3H3/b5-4+. The van der Waals surface area contributed by atoms with Gasteiger partial charge >= 0.3 is 0 Å². The molecule has 1 unspecified atom stereocenters. The Labute approximate surface area is 104 Å². The minimum absolute atomic E-state index is 0.472. The van der Waals surface area contributed by atoms with Gasteiger partial charge in [-0.25, -0.2) is 0 Å². The second-order valence-electron chi connectivity index (χ2n) is 3.33. The molecule has 0 aliphatic rings. The van der Waals surface area contributed by atoms with Crippen molar-refractivity contribution in [3.63, 3.8) is 0 Å². The van der Waals surface area contributed by atoms with Gasteiger partial charge in [0.25, 0.3) is 0 Å². The van der Waals surface area contributed by atoms with Crippen LogP contribution in [0.2, 0.25) is 0 Å². The molecule has 1 aromatic rings. The highest BCUT2D eigenvalue weighted by molar-refractivity contribution is 9.10. The zero-order valence-electron chi connectivity index (χ0n) is 9.53. The Kier molecular flexibility index (Phi) is 4.83. The summed E-state index contributed by atoms with van der Waals surface area (Å²) in [5.74, 6) is 1.33. The molecule has 0 saturated heterocycles. The Morgan fingerprint density at radius 1 is 1.25 bits per heavy atom. The average molecular weight is 287 g/mol. The molecular weight excluding hydrogens is 272 g/mol. The average Bonchev–Trinajstić information content (AvgIpc) is 2.26. The third-order valence-corrected chi connectivity index (χ3v) is 2.74. The van der Waals surface area contributed by atoms with Crippen LogP contribution in [0, 0.1) is 0 Å². The van der Waals surface area contributed by atoms with E-state index in [1.165, 1.54) is 0 Å². The summed E-state index contributed by atoms with van der Waals surface area (Å²) < 4.78 is 11.3. The van der Waals surface area contributed by atoms with E-state index in [2.05, 4.69) is 15.9 Å². The van der Waals surface area contributed by atoms with Crippen LogP contribution in [-0.4, -0.2) is 25.4 Å². The predicted molar refractivity (Wildman–Crippen MR) is 68.0 cm³/mol. The molecule has 16 heavy (non-hydrogen) atoms. The second kappa shape index (κ2) is 5.92. The van der Waals surface area contributed by atoms with Crippen molar-refractivity contribution >= 4 is 22.0 Å². The van der Waals surface area contributed by atoms with Crippen LogP contribution in [0.25, 0.3) is 6.08 Å². The van der Waals surface area contributed by atoms with Crippen LogP contribution in [0.1, 0.15) is 12.5 Å². The number of hydrogen-bond acceptors (Lipinski definition) is 3. The molecule has 4 heteroatoms. The quantitative estimate of drug-likeness (QED) is 0.925. The van der Waals surface area contributed by atoms with Gasteiger partial charge < -0.3 is 14.6 Å². The monoisotopic (exact) mass is 286 g/mol. The Morgan fingerprint density at radius 2 is 1.81 bits per heavy atom. The molecule has 0 heterocycles. The number of halogens is 1. The van der Waals surface area contributed by atoms with Gasteiger partial charge in [-0.1, -0.05) is 28.1 Å². The fraction of sp³-hybridized carbons (Fsp3) is 0.333. The molecule has 0 amide bonds. The van der Waals surface area contributed by atoms with Gasteiger partial charge in [0.1, 0.15) is 0 Å². The largest absolute Gasteiger partial charge is 0.493 e. The van der Waals surface area contributed by atoms with E-state index in [1.54, 1.807) is 27.2 Å². The van der Waals surface area contributed by atoms with Gasteiger partial charge in [0.2, 0.25) is 0 Å². The van der Waals surface area contributed by atoms with Crippen molar-refractivity contribution in [1.29, 1.82) is 0 Å². The molecule has 0 saturated carbocycles. The van der Waals surface area contributed by atoms with Crippen LogP contribution < -0.4 is 9.47 Å². The highest BCUT2D eigenvalue weighted by atomic mass is 79.9. The number of aliphatic hydroxyl groups is 1. The lowest BCUT2D eigenvalue weighted by atomic mass is 10.1. The van der Waals surface area contributed by atoms with E-state index in [4.69, 9.17) is 9.47 Å². The third-order valence-electron chi connectivity index (χ3n) is 2.06. The second-order valence-corrected chi connectivity index (χ2v) is 4.18. The van der Waals surface area contributed by atoms with Crippen LogP contribution in [-0.2, 0) is 0 Å². The lowest BCUT2D eigenvalue weighted by Gasteiger charge is -2.09. The maximum absolute atomic E-state index is 9.17. The van der Waals surface area contributed by atoms with Crippen LogP contribution in [0.3, 0.4) is 0 Å². The minimum atomic E-state index is -0.472. The molecule has 0 aliphatic heterocycles. The topological polar surface area (TPSA) is 38.7 Å². The fourth-order valence-electron chi connectivity index (χ4n) is 1.24. The van der Waals surface area contributed by atoms with Crippen LogP contribution in [0.5, 0.6) is 11.5 Å². The predicted octanol–water partition coefficient (Wildman–Crippen LogP) is 2.86. The van der Waals surface area contributed by atoms with Gasteiger partial charge in [0.15, 0.2) is 11.5 Å². The molecule has 0 radical (unpaired) electrons. The number of ether oxygens (including phenoxy) is 2. The van der Waals surface area contributed by atoms with Gasteiger partial charge in [-0.15, -0.1) is 0 Å². The van der Waals surface area contributed by atoms with E-state index in [-0.39, 0.29) is 0 Å². The highest BCUT2D eigenvalue weighted by Gasteiger charge is 2.07. The SMILES string of the molecule is COc1cc(Br)c(/C=C/C(C)O)cc1OC. The highest BCUT2D eigenvalue weighted by Crippen LogP contribution is 2.33. The summed E-state index contributed by atoms with van der Waals surface area (Å²) in [6, 6.07) is 3.68. The zero-order valence-corrected chi connectivity index (χ0v) is 11.1. The Hall–Kier alpha value is -1.00. The van der Waals surface area contributed by atoms with E-state index < -0.39 is 6.10 Å². The Bertz CT molecular complexity index is 386. The fourth-order valence-corrected chi connectivity index (χ4v) is 1.70. The van der Waals surface area contributed by atoms with E-state index in [0.29, 0.717) is 11.5 Å².